The standard InChI is InChI=1S/C12H16N4O2S2/c1-20(17,18)14-9-5-8-13-12-15-11(16-19-12)10-6-3-2-4-7-10/h2-4,6-7,14H,5,8-9H2,1H3,(H,13,15,16). The Labute approximate surface area is 122 Å². The largest absolute Gasteiger partial charge is 0.360 e. The summed E-state index contributed by atoms with van der Waals surface area (Å²) in [6, 6.07) is 9.76. The number of rotatable bonds is 7. The first-order valence-corrected chi connectivity index (χ1v) is 8.79. The predicted octanol–water partition coefficient (Wildman–Crippen LogP) is 1.56. The van der Waals surface area contributed by atoms with E-state index in [2.05, 4.69) is 19.4 Å². The summed E-state index contributed by atoms with van der Waals surface area (Å²) in [7, 11) is -3.10. The van der Waals surface area contributed by atoms with Crippen molar-refractivity contribution in [2.24, 2.45) is 0 Å². The molecule has 20 heavy (non-hydrogen) atoms. The van der Waals surface area contributed by atoms with Crippen LogP contribution in [0.5, 0.6) is 0 Å². The van der Waals surface area contributed by atoms with Gasteiger partial charge in [0.15, 0.2) is 5.82 Å². The van der Waals surface area contributed by atoms with Crippen LogP contribution in [0.2, 0.25) is 0 Å². The highest BCUT2D eigenvalue weighted by molar-refractivity contribution is 7.88. The minimum absolute atomic E-state index is 0.413. The normalized spacial score (nSPS) is 11.4. The van der Waals surface area contributed by atoms with Gasteiger partial charge in [-0.3, -0.25) is 0 Å². The summed E-state index contributed by atoms with van der Waals surface area (Å²) in [5.74, 6) is 0.701. The van der Waals surface area contributed by atoms with Crippen molar-refractivity contribution in [1.82, 2.24) is 14.1 Å². The molecule has 0 fully saturated rings. The third kappa shape index (κ3) is 4.87. The molecule has 0 aliphatic heterocycles. The lowest BCUT2D eigenvalue weighted by atomic mass is 10.2. The summed E-state index contributed by atoms with van der Waals surface area (Å²) in [4.78, 5) is 4.38. The summed E-state index contributed by atoms with van der Waals surface area (Å²) in [6.45, 7) is 1.06. The molecule has 0 saturated carbocycles. The first-order valence-electron chi connectivity index (χ1n) is 6.12. The maximum absolute atomic E-state index is 10.9. The minimum Gasteiger partial charge on any atom is -0.360 e. The average molecular weight is 312 g/mol. The molecule has 0 bridgehead atoms. The van der Waals surface area contributed by atoms with E-state index in [1.54, 1.807) is 0 Å². The van der Waals surface area contributed by atoms with E-state index in [0.29, 0.717) is 25.3 Å². The number of hydrogen-bond donors (Lipinski definition) is 2. The monoisotopic (exact) mass is 312 g/mol. The molecule has 0 spiro atoms. The molecule has 1 aromatic carbocycles. The van der Waals surface area contributed by atoms with Crippen LogP contribution >= 0.6 is 11.5 Å². The number of hydrogen-bond acceptors (Lipinski definition) is 6. The van der Waals surface area contributed by atoms with E-state index in [1.807, 2.05) is 30.3 Å². The second kappa shape index (κ2) is 6.78. The molecular formula is C12H16N4O2S2. The second-order valence-corrected chi connectivity index (χ2v) is 6.82. The number of sulfonamides is 1. The number of anilines is 1. The van der Waals surface area contributed by atoms with Gasteiger partial charge in [0, 0.05) is 30.2 Å². The van der Waals surface area contributed by atoms with Gasteiger partial charge in [-0.1, -0.05) is 30.3 Å². The highest BCUT2D eigenvalue weighted by atomic mass is 32.2. The predicted molar refractivity (Wildman–Crippen MR) is 81.3 cm³/mol. The van der Waals surface area contributed by atoms with Gasteiger partial charge >= 0.3 is 0 Å². The van der Waals surface area contributed by atoms with Crippen molar-refractivity contribution in [1.29, 1.82) is 0 Å². The SMILES string of the molecule is CS(=O)(=O)NCCCNc1nc(-c2ccccc2)ns1. The lowest BCUT2D eigenvalue weighted by Gasteiger charge is -2.02. The van der Waals surface area contributed by atoms with Gasteiger partial charge in [0.1, 0.15) is 0 Å². The van der Waals surface area contributed by atoms with Crippen LogP contribution < -0.4 is 10.0 Å². The van der Waals surface area contributed by atoms with E-state index in [4.69, 9.17) is 0 Å². The second-order valence-electron chi connectivity index (χ2n) is 4.24. The minimum atomic E-state index is -3.10. The Bertz CT molecular complexity index is 640. The number of nitrogens with zero attached hydrogens (tertiary/aromatic N) is 2. The van der Waals surface area contributed by atoms with Crippen molar-refractivity contribution in [3.05, 3.63) is 30.3 Å². The fourth-order valence-corrected chi connectivity index (χ4v) is 2.67. The topological polar surface area (TPSA) is 84.0 Å². The maximum atomic E-state index is 10.9. The van der Waals surface area contributed by atoms with Gasteiger partial charge in [-0.25, -0.2) is 13.1 Å². The van der Waals surface area contributed by atoms with Crippen LogP contribution in [0.1, 0.15) is 6.42 Å². The number of aromatic nitrogens is 2. The van der Waals surface area contributed by atoms with Crippen molar-refractivity contribution in [3.8, 4) is 11.4 Å². The summed E-state index contributed by atoms with van der Waals surface area (Å²) >= 11 is 1.30. The zero-order valence-electron chi connectivity index (χ0n) is 11.0. The highest BCUT2D eigenvalue weighted by Crippen LogP contribution is 2.20. The van der Waals surface area contributed by atoms with Crippen LogP contribution in [-0.2, 0) is 10.0 Å². The lowest BCUT2D eigenvalue weighted by Crippen LogP contribution is -2.24. The van der Waals surface area contributed by atoms with Crippen LogP contribution in [0.3, 0.4) is 0 Å². The molecule has 2 N–H and O–H groups in total. The number of benzene rings is 1. The molecule has 0 radical (unpaired) electrons. The lowest BCUT2D eigenvalue weighted by molar-refractivity contribution is 0.586. The van der Waals surface area contributed by atoms with E-state index >= 15 is 0 Å². The molecule has 108 valence electrons. The summed E-state index contributed by atoms with van der Waals surface area (Å²) in [5, 5.41) is 3.87. The zero-order chi connectivity index (χ0) is 14.4. The van der Waals surface area contributed by atoms with Crippen LogP contribution in [0, 0.1) is 0 Å². The zero-order valence-corrected chi connectivity index (χ0v) is 12.7. The smallest absolute Gasteiger partial charge is 0.208 e. The van der Waals surface area contributed by atoms with Crippen molar-refractivity contribution in [2.45, 2.75) is 6.42 Å². The van der Waals surface area contributed by atoms with Gasteiger partial charge < -0.3 is 5.32 Å². The van der Waals surface area contributed by atoms with Gasteiger partial charge in [-0.2, -0.15) is 9.36 Å². The van der Waals surface area contributed by atoms with Crippen molar-refractivity contribution < 1.29 is 8.42 Å². The summed E-state index contributed by atoms with van der Waals surface area (Å²) < 4.78 is 28.5. The highest BCUT2D eigenvalue weighted by Gasteiger charge is 2.05. The average Bonchev–Trinajstić information content (AvgIpc) is 2.87. The molecule has 0 saturated heterocycles. The van der Waals surface area contributed by atoms with Crippen LogP contribution in [0.15, 0.2) is 30.3 Å². The Morgan fingerprint density at radius 3 is 2.65 bits per heavy atom. The molecule has 0 aliphatic carbocycles. The van der Waals surface area contributed by atoms with Crippen LogP contribution in [-0.4, -0.2) is 37.1 Å². The molecule has 1 aromatic heterocycles. The summed E-state index contributed by atoms with van der Waals surface area (Å²) in [5.41, 5.74) is 0.982. The van der Waals surface area contributed by atoms with E-state index < -0.39 is 10.0 Å². The van der Waals surface area contributed by atoms with Crippen molar-refractivity contribution in [3.63, 3.8) is 0 Å². The Kier molecular flexibility index (Phi) is 5.05. The van der Waals surface area contributed by atoms with E-state index in [1.165, 1.54) is 11.5 Å². The molecular weight excluding hydrogens is 296 g/mol. The first-order chi connectivity index (χ1) is 9.54. The first kappa shape index (κ1) is 14.9. The van der Waals surface area contributed by atoms with Gasteiger partial charge in [0.05, 0.1) is 6.26 Å². The Morgan fingerprint density at radius 2 is 1.95 bits per heavy atom. The molecule has 0 amide bonds. The van der Waals surface area contributed by atoms with E-state index in [0.717, 1.165) is 17.0 Å². The molecule has 0 unspecified atom stereocenters. The Hall–Kier alpha value is -1.51. The molecule has 2 aromatic rings. The molecule has 1 heterocycles. The Morgan fingerprint density at radius 1 is 1.20 bits per heavy atom. The quantitative estimate of drug-likeness (QED) is 0.758. The van der Waals surface area contributed by atoms with Gasteiger partial charge in [-0.05, 0) is 6.42 Å². The third-order valence-electron chi connectivity index (χ3n) is 2.45. The third-order valence-corrected chi connectivity index (χ3v) is 3.85. The molecule has 8 heteroatoms. The van der Waals surface area contributed by atoms with Crippen LogP contribution in [0.4, 0.5) is 5.13 Å². The Balaban J connectivity index is 1.79. The van der Waals surface area contributed by atoms with Crippen LogP contribution in [0.25, 0.3) is 11.4 Å². The van der Waals surface area contributed by atoms with E-state index in [-0.39, 0.29) is 0 Å². The van der Waals surface area contributed by atoms with Crippen molar-refractivity contribution >= 4 is 26.7 Å². The van der Waals surface area contributed by atoms with Gasteiger partial charge in [-0.15, -0.1) is 0 Å². The molecule has 0 atom stereocenters. The molecule has 6 nitrogen and oxygen atoms in total. The van der Waals surface area contributed by atoms with E-state index in [9.17, 15) is 8.42 Å². The van der Waals surface area contributed by atoms with Gasteiger partial charge in [0.25, 0.3) is 0 Å². The number of nitrogens with one attached hydrogen (secondary N) is 2. The van der Waals surface area contributed by atoms with Crippen molar-refractivity contribution in [2.75, 3.05) is 24.7 Å². The summed E-state index contributed by atoms with van der Waals surface area (Å²) in [6.07, 6.45) is 1.84. The molecule has 0 aliphatic rings. The fraction of sp³-hybridized carbons (Fsp3) is 0.333. The maximum Gasteiger partial charge on any atom is 0.208 e. The molecule has 2 rings (SSSR count). The van der Waals surface area contributed by atoms with Gasteiger partial charge in [0.2, 0.25) is 15.2 Å². The fourth-order valence-electron chi connectivity index (χ4n) is 1.54.